The van der Waals surface area contributed by atoms with Crippen molar-refractivity contribution in [1.29, 1.82) is 0 Å². The molecule has 4 N–H and O–H groups in total. The van der Waals surface area contributed by atoms with E-state index in [-0.39, 0.29) is 12.2 Å². The van der Waals surface area contributed by atoms with Gasteiger partial charge in [-0.05, 0) is 63.5 Å². The molecule has 0 spiro atoms. The van der Waals surface area contributed by atoms with Crippen molar-refractivity contribution in [3.05, 3.63) is 96.9 Å². The smallest absolute Gasteiger partial charge is 0.328 e. The monoisotopic (exact) mass is 656 g/mol. The van der Waals surface area contributed by atoms with E-state index in [9.17, 15) is 14.7 Å². The van der Waals surface area contributed by atoms with E-state index in [0.717, 1.165) is 25.3 Å². The SMILES string of the molecule is CCCCC/C=C\C/C=C\C/C=C\C=C\[C@@H](O)CCCC(=O)O.CCCCCCCCCCC/C=C/C=C/C(=C/C=C/C(=O)O)OO. The number of aliphatic carboxylic acids is 2. The summed E-state index contributed by atoms with van der Waals surface area (Å²) in [4.78, 5) is 24.8. The van der Waals surface area contributed by atoms with Crippen LogP contribution in [0.1, 0.15) is 136 Å². The zero-order valence-electron chi connectivity index (χ0n) is 29.2. The van der Waals surface area contributed by atoms with Gasteiger partial charge in [0.1, 0.15) is 0 Å². The maximum atomic E-state index is 10.3. The first-order chi connectivity index (χ1) is 22.9. The number of hydrogen-bond donors (Lipinski definition) is 4. The standard InChI is InChI=1S/C20H32O4.C20H32O3/c1-2-3-4-5-6-7-8-9-10-11-12-13-14-16-19(24-23)17-15-18-20(21)22;1-2-3-4-5-6-7-8-9-10-11-12-13-14-16-19(21)17-15-18-20(22)23/h12-18,23H,2-11H2,1H3,(H,21,22);6-7,9-10,12-14,16,19,21H,2-5,8,11,15,17-18H2,1H3,(H,22,23)/b13-12+,16-14+,18-15+,19-17-;7-6-,10-9-,13-12-,16-14+/t;19-/m.1/s1. The second-order valence-corrected chi connectivity index (χ2v) is 11.3. The molecule has 0 heterocycles. The van der Waals surface area contributed by atoms with Crippen LogP contribution >= 0.6 is 0 Å². The Morgan fingerprint density at radius 2 is 1.17 bits per heavy atom. The Morgan fingerprint density at radius 1 is 0.617 bits per heavy atom. The highest BCUT2D eigenvalue weighted by molar-refractivity contribution is 5.80. The van der Waals surface area contributed by atoms with Gasteiger partial charge in [0.2, 0.25) is 0 Å². The summed E-state index contributed by atoms with van der Waals surface area (Å²) in [6.07, 6.45) is 47.6. The van der Waals surface area contributed by atoms with Crippen LogP contribution in [-0.4, -0.2) is 38.6 Å². The third kappa shape index (κ3) is 42.6. The number of hydrogen-bond acceptors (Lipinski definition) is 5. The van der Waals surface area contributed by atoms with E-state index in [4.69, 9.17) is 15.5 Å². The lowest BCUT2D eigenvalue weighted by atomic mass is 10.1. The number of aliphatic hydroxyl groups is 1. The number of allylic oxidation sites excluding steroid dienone is 13. The summed E-state index contributed by atoms with van der Waals surface area (Å²) < 4.78 is 0. The van der Waals surface area contributed by atoms with Crippen molar-refractivity contribution in [3.8, 4) is 0 Å². The molecule has 47 heavy (non-hydrogen) atoms. The maximum absolute atomic E-state index is 10.3. The van der Waals surface area contributed by atoms with Gasteiger partial charge in [-0.3, -0.25) is 4.79 Å². The zero-order chi connectivity index (χ0) is 35.1. The summed E-state index contributed by atoms with van der Waals surface area (Å²) in [6, 6.07) is 0. The van der Waals surface area contributed by atoms with E-state index in [1.807, 2.05) is 24.3 Å². The highest BCUT2D eigenvalue weighted by atomic mass is 17.1. The number of rotatable bonds is 29. The Balaban J connectivity index is 0. The van der Waals surface area contributed by atoms with Crippen molar-refractivity contribution >= 4 is 11.9 Å². The van der Waals surface area contributed by atoms with Crippen molar-refractivity contribution in [2.45, 2.75) is 142 Å². The van der Waals surface area contributed by atoms with Crippen LogP contribution in [0.4, 0.5) is 0 Å². The van der Waals surface area contributed by atoms with E-state index in [0.29, 0.717) is 12.8 Å². The first-order valence-corrected chi connectivity index (χ1v) is 17.7. The third-order valence-corrected chi connectivity index (χ3v) is 6.91. The largest absolute Gasteiger partial charge is 0.481 e. The topological polar surface area (TPSA) is 124 Å². The van der Waals surface area contributed by atoms with Crippen LogP contribution in [0.25, 0.3) is 0 Å². The molecular weight excluding hydrogens is 592 g/mol. The van der Waals surface area contributed by atoms with Crippen LogP contribution in [0.2, 0.25) is 0 Å². The summed E-state index contributed by atoms with van der Waals surface area (Å²) in [6.45, 7) is 4.46. The van der Waals surface area contributed by atoms with Gasteiger partial charge in [0, 0.05) is 12.5 Å². The first kappa shape index (κ1) is 45.7. The molecule has 7 heteroatoms. The van der Waals surface area contributed by atoms with Crippen LogP contribution in [0.3, 0.4) is 0 Å². The molecule has 0 saturated heterocycles. The van der Waals surface area contributed by atoms with Crippen LogP contribution in [0.15, 0.2) is 96.9 Å². The predicted molar refractivity (Wildman–Crippen MR) is 196 cm³/mol. The Labute approximate surface area is 285 Å². The number of aliphatic hydroxyl groups excluding tert-OH is 1. The van der Waals surface area contributed by atoms with Gasteiger partial charge in [-0.2, -0.15) is 0 Å². The molecule has 0 aromatic heterocycles. The van der Waals surface area contributed by atoms with Gasteiger partial charge in [0.25, 0.3) is 0 Å². The molecule has 1 atom stereocenters. The fourth-order valence-electron chi connectivity index (χ4n) is 4.22. The lowest BCUT2D eigenvalue weighted by molar-refractivity contribution is -0.198. The van der Waals surface area contributed by atoms with E-state index in [2.05, 4.69) is 49.1 Å². The Morgan fingerprint density at radius 3 is 1.81 bits per heavy atom. The van der Waals surface area contributed by atoms with Gasteiger partial charge in [0.05, 0.1) is 6.10 Å². The lowest BCUT2D eigenvalue weighted by Crippen LogP contribution is -2.03. The lowest BCUT2D eigenvalue weighted by Gasteiger charge is -2.02. The quantitative estimate of drug-likeness (QED) is 0.0120. The van der Waals surface area contributed by atoms with Crippen LogP contribution < -0.4 is 0 Å². The fourth-order valence-corrected chi connectivity index (χ4v) is 4.22. The number of unbranched alkanes of at least 4 members (excludes halogenated alkanes) is 12. The van der Waals surface area contributed by atoms with Gasteiger partial charge < -0.3 is 20.2 Å². The molecule has 0 aliphatic heterocycles. The average Bonchev–Trinajstić information content (AvgIpc) is 3.04. The van der Waals surface area contributed by atoms with Crippen molar-refractivity contribution in [1.82, 2.24) is 0 Å². The fraction of sp³-hybridized carbons (Fsp3) is 0.550. The van der Waals surface area contributed by atoms with Crippen molar-refractivity contribution in [2.24, 2.45) is 0 Å². The number of carboxylic acid groups (broad SMARTS) is 2. The van der Waals surface area contributed by atoms with Crippen LogP contribution in [0.5, 0.6) is 0 Å². The second kappa shape index (κ2) is 38.8. The van der Waals surface area contributed by atoms with E-state index in [1.54, 1.807) is 18.2 Å². The summed E-state index contributed by atoms with van der Waals surface area (Å²) in [5.74, 6) is -1.68. The Bertz CT molecular complexity index is 967. The molecule has 0 fully saturated rings. The van der Waals surface area contributed by atoms with Gasteiger partial charge in [-0.25, -0.2) is 10.1 Å². The van der Waals surface area contributed by atoms with Crippen LogP contribution in [-0.2, 0) is 14.5 Å². The molecule has 0 unspecified atom stereocenters. The number of carboxylic acids is 2. The van der Waals surface area contributed by atoms with Crippen molar-refractivity contribution in [3.63, 3.8) is 0 Å². The molecular formula is C40H64O7. The van der Waals surface area contributed by atoms with Gasteiger partial charge in [-0.15, -0.1) is 0 Å². The molecule has 0 aromatic carbocycles. The Hall–Kier alpha value is -3.42. The van der Waals surface area contributed by atoms with Crippen molar-refractivity contribution in [2.75, 3.05) is 0 Å². The molecule has 0 saturated carbocycles. The van der Waals surface area contributed by atoms with Crippen molar-refractivity contribution < 1.29 is 35.1 Å². The molecule has 0 rings (SSSR count). The van der Waals surface area contributed by atoms with Crippen LogP contribution in [0, 0.1) is 0 Å². The average molecular weight is 657 g/mol. The summed E-state index contributed by atoms with van der Waals surface area (Å²) in [5, 5.41) is 35.2. The molecule has 266 valence electrons. The molecule has 7 nitrogen and oxygen atoms in total. The minimum Gasteiger partial charge on any atom is -0.481 e. The first-order valence-electron chi connectivity index (χ1n) is 17.7. The van der Waals surface area contributed by atoms with Gasteiger partial charge >= 0.3 is 11.9 Å². The summed E-state index contributed by atoms with van der Waals surface area (Å²) in [7, 11) is 0. The summed E-state index contributed by atoms with van der Waals surface area (Å²) in [5.41, 5.74) is 0. The Kier molecular flexibility index (Phi) is 37.7. The highest BCUT2D eigenvalue weighted by Crippen LogP contribution is 2.11. The molecule has 0 bridgehead atoms. The van der Waals surface area contributed by atoms with Gasteiger partial charge in [0.15, 0.2) is 5.76 Å². The molecule has 0 amide bonds. The minimum absolute atomic E-state index is 0.110. The maximum Gasteiger partial charge on any atom is 0.328 e. The van der Waals surface area contributed by atoms with Gasteiger partial charge in [-0.1, -0.05) is 151 Å². The predicted octanol–water partition coefficient (Wildman–Crippen LogP) is 11.2. The summed E-state index contributed by atoms with van der Waals surface area (Å²) >= 11 is 0. The minimum atomic E-state index is -1.05. The van der Waals surface area contributed by atoms with E-state index in [1.165, 1.54) is 95.6 Å². The highest BCUT2D eigenvalue weighted by Gasteiger charge is 2.01. The number of carbonyl (C=O) groups is 2. The molecule has 0 aliphatic carbocycles. The molecule has 0 aliphatic rings. The molecule has 0 aromatic rings. The second-order valence-electron chi connectivity index (χ2n) is 11.3. The zero-order valence-corrected chi connectivity index (χ0v) is 29.2. The normalized spacial score (nSPS) is 13.2. The van der Waals surface area contributed by atoms with E-state index >= 15 is 0 Å². The molecule has 0 radical (unpaired) electrons. The third-order valence-electron chi connectivity index (χ3n) is 6.91. The van der Waals surface area contributed by atoms with E-state index < -0.39 is 18.0 Å².